The second kappa shape index (κ2) is 9.09. The molecule has 2 aromatic carbocycles. The van der Waals surface area contributed by atoms with Gasteiger partial charge in [-0.25, -0.2) is 9.69 Å². The van der Waals surface area contributed by atoms with Crippen LogP contribution in [0.5, 0.6) is 5.75 Å². The Labute approximate surface area is 185 Å². The number of primary amides is 1. The minimum Gasteiger partial charge on any atom is -0.497 e. The number of aryl methyl sites for hydroxylation is 1. The van der Waals surface area contributed by atoms with Crippen LogP contribution in [0.1, 0.15) is 36.2 Å². The van der Waals surface area contributed by atoms with Crippen LogP contribution in [-0.2, 0) is 16.0 Å². The van der Waals surface area contributed by atoms with Gasteiger partial charge in [0.1, 0.15) is 17.3 Å². The van der Waals surface area contributed by atoms with Crippen LogP contribution in [0.2, 0.25) is 0 Å². The molecule has 0 spiro atoms. The standard InChI is InChI=1S/C23H26N4O5/c1-14(20(29)25-17-8-6-16(7-9-17)19(24)28)27-21(30)23(2,26-22(27)31)13-12-15-4-10-18(32-3)11-5-15/h4-11,14H,12-13H2,1-3H3,(H2,24,28)(H,25,29)(H,26,31)/t14-,23+/m1/s1. The Balaban J connectivity index is 1.65. The van der Waals surface area contributed by atoms with E-state index in [1.807, 2.05) is 24.3 Å². The van der Waals surface area contributed by atoms with Crippen LogP contribution < -0.4 is 21.1 Å². The monoisotopic (exact) mass is 438 g/mol. The number of rotatable bonds is 8. The van der Waals surface area contributed by atoms with Gasteiger partial charge in [-0.15, -0.1) is 0 Å². The quantitative estimate of drug-likeness (QED) is 0.543. The number of methoxy groups -OCH3 is 1. The largest absolute Gasteiger partial charge is 0.497 e. The molecule has 9 nitrogen and oxygen atoms in total. The maximum Gasteiger partial charge on any atom is 0.325 e. The number of hydrogen-bond acceptors (Lipinski definition) is 5. The highest BCUT2D eigenvalue weighted by atomic mass is 16.5. The fourth-order valence-corrected chi connectivity index (χ4v) is 3.50. The van der Waals surface area contributed by atoms with Crippen LogP contribution in [0.4, 0.5) is 10.5 Å². The average molecular weight is 438 g/mol. The van der Waals surface area contributed by atoms with Gasteiger partial charge >= 0.3 is 6.03 Å². The first-order valence-corrected chi connectivity index (χ1v) is 10.1. The number of urea groups is 1. The minimum absolute atomic E-state index is 0.303. The van der Waals surface area contributed by atoms with Crippen molar-refractivity contribution in [2.75, 3.05) is 12.4 Å². The van der Waals surface area contributed by atoms with Gasteiger partial charge in [0.15, 0.2) is 0 Å². The molecule has 0 aromatic heterocycles. The lowest BCUT2D eigenvalue weighted by atomic mass is 9.93. The first-order chi connectivity index (χ1) is 15.1. The summed E-state index contributed by atoms with van der Waals surface area (Å²) in [7, 11) is 1.59. The number of imide groups is 1. The predicted molar refractivity (Wildman–Crippen MR) is 118 cm³/mol. The summed E-state index contributed by atoms with van der Waals surface area (Å²) in [6.07, 6.45) is 0.941. The van der Waals surface area contributed by atoms with E-state index in [4.69, 9.17) is 10.5 Å². The summed E-state index contributed by atoms with van der Waals surface area (Å²) in [4.78, 5) is 50.4. The van der Waals surface area contributed by atoms with Crippen LogP contribution in [0, 0.1) is 0 Å². The molecule has 1 aliphatic heterocycles. The molecule has 0 radical (unpaired) electrons. The van der Waals surface area contributed by atoms with Gasteiger partial charge in [-0.3, -0.25) is 14.4 Å². The number of carbonyl (C=O) groups excluding carboxylic acids is 4. The highest BCUT2D eigenvalue weighted by Gasteiger charge is 2.50. The fourth-order valence-electron chi connectivity index (χ4n) is 3.50. The van der Waals surface area contributed by atoms with Crippen molar-refractivity contribution in [2.24, 2.45) is 5.73 Å². The van der Waals surface area contributed by atoms with E-state index in [2.05, 4.69) is 10.6 Å². The number of amides is 5. The first kappa shape index (κ1) is 22.8. The van der Waals surface area contributed by atoms with Gasteiger partial charge in [0.2, 0.25) is 11.8 Å². The van der Waals surface area contributed by atoms with Crippen molar-refractivity contribution in [3.05, 3.63) is 59.7 Å². The molecule has 0 bridgehead atoms. The molecule has 168 valence electrons. The summed E-state index contributed by atoms with van der Waals surface area (Å²) in [6, 6.07) is 11.8. The zero-order valence-electron chi connectivity index (χ0n) is 18.2. The highest BCUT2D eigenvalue weighted by molar-refractivity contribution is 6.11. The van der Waals surface area contributed by atoms with E-state index in [1.54, 1.807) is 14.0 Å². The van der Waals surface area contributed by atoms with E-state index >= 15 is 0 Å². The molecule has 1 aliphatic rings. The lowest BCUT2D eigenvalue weighted by Crippen LogP contribution is -2.48. The van der Waals surface area contributed by atoms with Crippen molar-refractivity contribution < 1.29 is 23.9 Å². The highest BCUT2D eigenvalue weighted by Crippen LogP contribution is 2.26. The van der Waals surface area contributed by atoms with Crippen LogP contribution >= 0.6 is 0 Å². The lowest BCUT2D eigenvalue weighted by Gasteiger charge is -2.24. The molecule has 5 amide bonds. The number of carbonyl (C=O) groups is 4. The molecule has 2 atom stereocenters. The Morgan fingerprint density at radius 1 is 1.12 bits per heavy atom. The SMILES string of the molecule is COc1ccc(CC[C@]2(C)NC(=O)N([C@H](C)C(=O)Nc3ccc(C(N)=O)cc3)C2=O)cc1. The van der Waals surface area contributed by atoms with Crippen LogP contribution in [0.15, 0.2) is 48.5 Å². The van der Waals surface area contributed by atoms with Gasteiger partial charge in [-0.05, 0) is 68.7 Å². The molecule has 1 saturated heterocycles. The summed E-state index contributed by atoms with van der Waals surface area (Å²) in [5.74, 6) is -0.826. The Morgan fingerprint density at radius 2 is 1.75 bits per heavy atom. The van der Waals surface area contributed by atoms with E-state index in [0.717, 1.165) is 16.2 Å². The van der Waals surface area contributed by atoms with Gasteiger partial charge in [0.05, 0.1) is 7.11 Å². The molecule has 4 N–H and O–H groups in total. The second-order valence-corrected chi connectivity index (χ2v) is 7.89. The van der Waals surface area contributed by atoms with Crippen molar-refractivity contribution in [1.29, 1.82) is 0 Å². The van der Waals surface area contributed by atoms with Crippen LogP contribution in [-0.4, -0.2) is 47.3 Å². The molecule has 2 aromatic rings. The van der Waals surface area contributed by atoms with E-state index in [-0.39, 0.29) is 0 Å². The van der Waals surface area contributed by atoms with Crippen molar-refractivity contribution in [3.8, 4) is 5.75 Å². The molecule has 0 saturated carbocycles. The fraction of sp³-hybridized carbons (Fsp3) is 0.304. The molecular formula is C23H26N4O5. The van der Waals surface area contributed by atoms with Crippen LogP contribution in [0.25, 0.3) is 0 Å². The van der Waals surface area contributed by atoms with Gasteiger partial charge in [0, 0.05) is 11.3 Å². The Bertz CT molecular complexity index is 1040. The molecule has 9 heteroatoms. The number of anilines is 1. The molecule has 0 aliphatic carbocycles. The van der Waals surface area contributed by atoms with Crippen LogP contribution in [0.3, 0.4) is 0 Å². The lowest BCUT2D eigenvalue weighted by molar-refractivity contribution is -0.136. The summed E-state index contributed by atoms with van der Waals surface area (Å²) >= 11 is 0. The third kappa shape index (κ3) is 4.72. The molecule has 0 unspecified atom stereocenters. The van der Waals surface area contributed by atoms with E-state index in [0.29, 0.717) is 24.1 Å². The molecular weight excluding hydrogens is 412 g/mol. The molecule has 1 fully saturated rings. The van der Waals surface area contributed by atoms with E-state index in [9.17, 15) is 19.2 Å². The van der Waals surface area contributed by atoms with Gasteiger partial charge < -0.3 is 21.1 Å². The topological polar surface area (TPSA) is 131 Å². The summed E-state index contributed by atoms with van der Waals surface area (Å²) in [6.45, 7) is 3.14. The normalized spacial score (nSPS) is 18.8. The zero-order chi connectivity index (χ0) is 23.5. The Hall–Kier alpha value is -3.88. The van der Waals surface area contributed by atoms with E-state index < -0.39 is 35.3 Å². The Kier molecular flexibility index (Phi) is 6.47. The number of nitrogens with two attached hydrogens (primary N) is 1. The van der Waals surface area contributed by atoms with Crippen molar-refractivity contribution in [3.63, 3.8) is 0 Å². The molecule has 1 heterocycles. The molecule has 32 heavy (non-hydrogen) atoms. The number of ether oxygens (including phenoxy) is 1. The minimum atomic E-state index is -1.12. The smallest absolute Gasteiger partial charge is 0.325 e. The predicted octanol–water partition coefficient (Wildman–Crippen LogP) is 2.06. The number of benzene rings is 2. The molecule has 3 rings (SSSR count). The zero-order valence-corrected chi connectivity index (χ0v) is 18.2. The van der Waals surface area contributed by atoms with Gasteiger partial charge in [-0.1, -0.05) is 12.1 Å². The average Bonchev–Trinajstić information content (AvgIpc) is 3.00. The third-order valence-electron chi connectivity index (χ3n) is 5.57. The Morgan fingerprint density at radius 3 is 2.31 bits per heavy atom. The summed E-state index contributed by atoms with van der Waals surface area (Å²) in [5, 5.41) is 5.37. The van der Waals surface area contributed by atoms with Gasteiger partial charge in [0.25, 0.3) is 5.91 Å². The summed E-state index contributed by atoms with van der Waals surface area (Å²) in [5.41, 5.74) is 5.81. The first-order valence-electron chi connectivity index (χ1n) is 10.1. The maximum absolute atomic E-state index is 13.1. The number of hydrogen-bond donors (Lipinski definition) is 3. The van der Waals surface area contributed by atoms with Crippen molar-refractivity contribution in [2.45, 2.75) is 38.3 Å². The van der Waals surface area contributed by atoms with E-state index in [1.165, 1.54) is 31.2 Å². The maximum atomic E-state index is 13.1. The van der Waals surface area contributed by atoms with Gasteiger partial charge in [-0.2, -0.15) is 0 Å². The number of nitrogens with one attached hydrogen (secondary N) is 2. The second-order valence-electron chi connectivity index (χ2n) is 7.89. The van der Waals surface area contributed by atoms with Crippen molar-refractivity contribution in [1.82, 2.24) is 10.2 Å². The number of nitrogens with zero attached hydrogens (tertiary/aromatic N) is 1. The summed E-state index contributed by atoms with van der Waals surface area (Å²) < 4.78 is 5.14. The van der Waals surface area contributed by atoms with Crippen molar-refractivity contribution >= 4 is 29.4 Å². The third-order valence-corrected chi connectivity index (χ3v) is 5.57.